The van der Waals surface area contributed by atoms with Crippen LogP contribution in [0.2, 0.25) is 0 Å². The predicted octanol–water partition coefficient (Wildman–Crippen LogP) is 3.26. The van der Waals surface area contributed by atoms with Crippen molar-refractivity contribution in [1.29, 1.82) is 0 Å². The van der Waals surface area contributed by atoms with Gasteiger partial charge in [0.1, 0.15) is 11.4 Å². The van der Waals surface area contributed by atoms with Crippen molar-refractivity contribution in [3.05, 3.63) is 22.8 Å². The Labute approximate surface area is 125 Å². The van der Waals surface area contributed by atoms with Gasteiger partial charge in [0.25, 0.3) is 0 Å². The fraction of sp³-hybridized carbons (Fsp3) is 0.706. The molecule has 0 radical (unpaired) electrons. The van der Waals surface area contributed by atoms with Crippen LogP contribution in [-0.4, -0.2) is 21.0 Å². The Morgan fingerprint density at radius 3 is 1.81 bits per heavy atom. The summed E-state index contributed by atoms with van der Waals surface area (Å²) in [5, 5.41) is 9.29. The number of carboxylic acids is 1. The van der Waals surface area contributed by atoms with E-state index in [9.17, 15) is 9.90 Å². The minimum Gasteiger partial charge on any atom is -0.478 e. The van der Waals surface area contributed by atoms with Gasteiger partial charge in [0.05, 0.1) is 11.4 Å². The molecule has 4 aliphatic rings. The molecule has 1 heterocycles. The molecule has 0 aromatic carbocycles. The first-order valence-electron chi connectivity index (χ1n) is 8.06. The fourth-order valence-corrected chi connectivity index (χ4v) is 5.65. The standard InChI is InChI=1S/C17H22N2O2/c1-9-14(15(20)21)10(2)19-16(18-9)17-6-11-3-12(7-17)5-13(4-11)8-17/h11-13H,3-8H2,1-2H3,(H,20,21). The zero-order valence-corrected chi connectivity index (χ0v) is 12.7. The second-order valence-electron chi connectivity index (χ2n) is 7.60. The van der Waals surface area contributed by atoms with Crippen molar-refractivity contribution >= 4 is 5.97 Å². The minimum absolute atomic E-state index is 0.140. The van der Waals surface area contributed by atoms with E-state index in [1.165, 1.54) is 38.5 Å². The molecule has 4 aliphatic carbocycles. The monoisotopic (exact) mass is 286 g/mol. The van der Waals surface area contributed by atoms with Gasteiger partial charge in [-0.3, -0.25) is 0 Å². The zero-order chi connectivity index (χ0) is 14.8. The van der Waals surface area contributed by atoms with Gasteiger partial charge in [0.2, 0.25) is 0 Å². The van der Waals surface area contributed by atoms with E-state index in [1.807, 2.05) is 13.8 Å². The van der Waals surface area contributed by atoms with Crippen molar-refractivity contribution in [2.75, 3.05) is 0 Å². The first-order chi connectivity index (χ1) is 9.97. The van der Waals surface area contributed by atoms with Crippen molar-refractivity contribution < 1.29 is 9.90 Å². The van der Waals surface area contributed by atoms with Gasteiger partial charge in [-0.25, -0.2) is 14.8 Å². The second-order valence-corrected chi connectivity index (χ2v) is 7.60. The van der Waals surface area contributed by atoms with Gasteiger partial charge in [-0.05, 0) is 70.1 Å². The van der Waals surface area contributed by atoms with Crippen LogP contribution in [0, 0.1) is 31.6 Å². The van der Waals surface area contributed by atoms with E-state index in [0.717, 1.165) is 23.6 Å². The molecule has 0 saturated heterocycles. The highest BCUT2D eigenvalue weighted by Crippen LogP contribution is 2.60. The molecule has 112 valence electrons. The van der Waals surface area contributed by atoms with E-state index in [4.69, 9.17) is 0 Å². The Balaban J connectivity index is 1.78. The third-order valence-corrected chi connectivity index (χ3v) is 6.00. The summed E-state index contributed by atoms with van der Waals surface area (Å²) in [5.74, 6) is 2.56. The van der Waals surface area contributed by atoms with Crippen LogP contribution in [0.25, 0.3) is 0 Å². The van der Waals surface area contributed by atoms with Crippen LogP contribution in [0.1, 0.15) is 66.1 Å². The molecular formula is C17H22N2O2. The number of hydrogen-bond donors (Lipinski definition) is 1. The molecule has 4 heteroatoms. The first-order valence-corrected chi connectivity index (χ1v) is 8.06. The number of carbonyl (C=O) groups is 1. The SMILES string of the molecule is Cc1nc(C23CC4CC(CC(C4)C2)C3)nc(C)c1C(=O)O. The largest absolute Gasteiger partial charge is 0.478 e. The van der Waals surface area contributed by atoms with Crippen molar-refractivity contribution in [2.24, 2.45) is 17.8 Å². The van der Waals surface area contributed by atoms with Gasteiger partial charge in [0.15, 0.2) is 0 Å². The molecule has 1 aromatic rings. The lowest BCUT2D eigenvalue weighted by atomic mass is 9.49. The smallest absolute Gasteiger partial charge is 0.339 e. The number of aryl methyl sites for hydroxylation is 2. The highest BCUT2D eigenvalue weighted by Gasteiger charge is 2.53. The molecule has 1 aromatic heterocycles. The average molecular weight is 286 g/mol. The molecule has 0 atom stereocenters. The third kappa shape index (κ3) is 1.91. The summed E-state index contributed by atoms with van der Waals surface area (Å²) in [6, 6.07) is 0. The fourth-order valence-electron chi connectivity index (χ4n) is 5.65. The van der Waals surface area contributed by atoms with Crippen molar-refractivity contribution in [1.82, 2.24) is 9.97 Å². The van der Waals surface area contributed by atoms with Crippen molar-refractivity contribution in [3.8, 4) is 0 Å². The summed E-state index contributed by atoms with van der Waals surface area (Å²) in [6.45, 7) is 3.62. The number of nitrogens with zero attached hydrogens (tertiary/aromatic N) is 2. The number of carboxylic acid groups (broad SMARTS) is 1. The number of aromatic nitrogens is 2. The molecule has 4 saturated carbocycles. The van der Waals surface area contributed by atoms with E-state index >= 15 is 0 Å². The predicted molar refractivity (Wildman–Crippen MR) is 78.3 cm³/mol. The lowest BCUT2D eigenvalue weighted by Gasteiger charge is -2.56. The number of aromatic carboxylic acids is 1. The topological polar surface area (TPSA) is 63.1 Å². The third-order valence-electron chi connectivity index (χ3n) is 6.00. The van der Waals surface area contributed by atoms with Crippen LogP contribution < -0.4 is 0 Å². The number of rotatable bonds is 2. The second kappa shape index (κ2) is 4.28. The van der Waals surface area contributed by atoms with Crippen LogP contribution in [0.15, 0.2) is 0 Å². The lowest BCUT2D eigenvalue weighted by Crippen LogP contribution is -2.49. The van der Waals surface area contributed by atoms with Gasteiger partial charge in [-0.1, -0.05) is 0 Å². The maximum Gasteiger partial charge on any atom is 0.339 e. The molecule has 0 aliphatic heterocycles. The maximum atomic E-state index is 11.3. The Hall–Kier alpha value is -1.45. The Kier molecular flexibility index (Phi) is 2.69. The van der Waals surface area contributed by atoms with Crippen molar-refractivity contribution in [3.63, 3.8) is 0 Å². The molecule has 0 amide bonds. The number of hydrogen-bond acceptors (Lipinski definition) is 3. The molecule has 21 heavy (non-hydrogen) atoms. The Bertz CT molecular complexity index is 565. The first kappa shape index (κ1) is 13.2. The summed E-state index contributed by atoms with van der Waals surface area (Å²) in [5.41, 5.74) is 1.67. The van der Waals surface area contributed by atoms with Gasteiger partial charge < -0.3 is 5.11 Å². The normalized spacial score (nSPS) is 37.0. The average Bonchev–Trinajstić information content (AvgIpc) is 2.35. The van der Waals surface area contributed by atoms with Crippen LogP contribution in [0.4, 0.5) is 0 Å². The van der Waals surface area contributed by atoms with Gasteiger partial charge in [-0.2, -0.15) is 0 Å². The molecule has 1 N–H and O–H groups in total. The summed E-state index contributed by atoms with van der Waals surface area (Å²) in [7, 11) is 0. The molecule has 4 nitrogen and oxygen atoms in total. The van der Waals surface area contributed by atoms with E-state index in [2.05, 4.69) is 9.97 Å². The molecule has 0 unspecified atom stereocenters. The molecule has 0 spiro atoms. The van der Waals surface area contributed by atoms with Crippen molar-refractivity contribution in [2.45, 2.75) is 57.8 Å². The molecule has 4 fully saturated rings. The quantitative estimate of drug-likeness (QED) is 0.906. The Morgan fingerprint density at radius 1 is 1.00 bits per heavy atom. The maximum absolute atomic E-state index is 11.3. The van der Waals surface area contributed by atoms with Crippen LogP contribution in [-0.2, 0) is 5.41 Å². The van der Waals surface area contributed by atoms with Crippen LogP contribution in [0.3, 0.4) is 0 Å². The van der Waals surface area contributed by atoms with Gasteiger partial charge in [0, 0.05) is 5.41 Å². The van der Waals surface area contributed by atoms with Crippen LogP contribution >= 0.6 is 0 Å². The van der Waals surface area contributed by atoms with Crippen LogP contribution in [0.5, 0.6) is 0 Å². The van der Waals surface area contributed by atoms with E-state index in [0.29, 0.717) is 11.4 Å². The molecular weight excluding hydrogens is 264 g/mol. The van der Waals surface area contributed by atoms with E-state index in [-0.39, 0.29) is 11.0 Å². The highest BCUT2D eigenvalue weighted by molar-refractivity contribution is 5.89. The summed E-state index contributed by atoms with van der Waals surface area (Å²) >= 11 is 0. The minimum atomic E-state index is -0.915. The Morgan fingerprint density at radius 2 is 1.43 bits per heavy atom. The summed E-state index contributed by atoms with van der Waals surface area (Å²) in [6.07, 6.45) is 7.82. The van der Waals surface area contributed by atoms with E-state index < -0.39 is 5.97 Å². The van der Waals surface area contributed by atoms with Gasteiger partial charge in [-0.15, -0.1) is 0 Å². The molecule has 5 rings (SSSR count). The zero-order valence-electron chi connectivity index (χ0n) is 12.7. The lowest BCUT2D eigenvalue weighted by molar-refractivity contribution is -0.00959. The van der Waals surface area contributed by atoms with E-state index in [1.54, 1.807) is 0 Å². The summed E-state index contributed by atoms with van der Waals surface area (Å²) < 4.78 is 0. The highest BCUT2D eigenvalue weighted by atomic mass is 16.4. The van der Waals surface area contributed by atoms with Gasteiger partial charge >= 0.3 is 5.97 Å². The molecule has 4 bridgehead atoms. The summed E-state index contributed by atoms with van der Waals surface area (Å²) in [4.78, 5) is 20.6.